The molecule has 0 aromatic heterocycles. The summed E-state index contributed by atoms with van der Waals surface area (Å²) in [6.45, 7) is 118. The van der Waals surface area contributed by atoms with E-state index in [2.05, 4.69) is 208 Å². The van der Waals surface area contributed by atoms with Gasteiger partial charge in [0.1, 0.15) is 0 Å². The number of hydrogen-bond acceptors (Lipinski definition) is 0. The topological polar surface area (TPSA) is 0 Å². The fourth-order valence-electron chi connectivity index (χ4n) is 31.0. The van der Waals surface area contributed by atoms with Crippen molar-refractivity contribution in [3.63, 3.8) is 0 Å². The summed E-state index contributed by atoms with van der Waals surface area (Å²) in [5, 5.41) is 0. The molecule has 0 aliphatic heterocycles. The summed E-state index contributed by atoms with van der Waals surface area (Å²) in [6.07, 6.45) is 42.9. The summed E-state index contributed by atoms with van der Waals surface area (Å²) in [5.41, 5.74) is 21.8. The molecular formula is C147H276. The van der Waals surface area contributed by atoms with Crippen LogP contribution in [0.4, 0.5) is 0 Å². The van der Waals surface area contributed by atoms with E-state index in [9.17, 15) is 0 Å². The van der Waals surface area contributed by atoms with Crippen LogP contribution in [0.15, 0.2) is 146 Å². The normalized spacial score (nSPS) is 27.7. The minimum Gasteiger partial charge on any atom is -0.0683 e. The molecule has 0 nitrogen and oxygen atoms in total. The molecule has 12 saturated carbocycles. The quantitative estimate of drug-likeness (QED) is 0.115. The van der Waals surface area contributed by atoms with E-state index in [0.29, 0.717) is 16.2 Å². The summed E-state index contributed by atoms with van der Waals surface area (Å²) in [7, 11) is 0. The van der Waals surface area contributed by atoms with E-state index in [1.807, 2.05) is 332 Å². The van der Waals surface area contributed by atoms with Crippen molar-refractivity contribution in [2.45, 2.75) is 623 Å². The molecule has 12 aliphatic carbocycles. The Bertz CT molecular complexity index is 3340. The molecule has 0 heterocycles. The lowest BCUT2D eigenvalue weighted by Crippen LogP contribution is -2.52. The zero-order valence-electron chi connectivity index (χ0n) is 112. The van der Waals surface area contributed by atoms with Crippen molar-refractivity contribution in [2.24, 2.45) is 105 Å². The van der Waals surface area contributed by atoms with Crippen molar-refractivity contribution in [2.75, 3.05) is 0 Å². The van der Waals surface area contributed by atoms with Crippen LogP contribution in [0.2, 0.25) is 0 Å². The van der Waals surface area contributed by atoms with Crippen molar-refractivity contribution in [3.05, 3.63) is 212 Å². The minimum absolute atomic E-state index is 0.649. The molecular weight excluding hydrogens is 1770 g/mol. The molecule has 3 spiro atoms. The first-order valence-electron chi connectivity index (χ1n) is 67.0. The van der Waals surface area contributed by atoms with Crippen molar-refractivity contribution in [1.29, 1.82) is 0 Å². The second-order valence-electron chi connectivity index (χ2n) is 36.8. The predicted octanol–water partition coefficient (Wildman–Crippen LogP) is 51.5. The predicted molar refractivity (Wildman–Crippen MR) is 691 cm³/mol. The second kappa shape index (κ2) is 101. The lowest BCUT2D eigenvalue weighted by molar-refractivity contribution is -0.0888. The molecule has 24 atom stereocenters. The van der Waals surface area contributed by atoms with Crippen LogP contribution < -0.4 is 0 Å². The highest BCUT2D eigenvalue weighted by Crippen LogP contribution is 2.77. The highest BCUT2D eigenvalue weighted by molar-refractivity contribution is 5.40. The van der Waals surface area contributed by atoms with Gasteiger partial charge >= 0.3 is 0 Å². The van der Waals surface area contributed by atoms with Gasteiger partial charge in [0.2, 0.25) is 0 Å². The molecule has 12 fully saturated rings. The Labute approximate surface area is 933 Å². The number of benzene rings is 6. The summed E-state index contributed by atoms with van der Waals surface area (Å²) in [4.78, 5) is 0. The summed E-state index contributed by atoms with van der Waals surface area (Å²) >= 11 is 0. The van der Waals surface area contributed by atoms with Gasteiger partial charge in [-0.25, -0.2) is 0 Å². The Morgan fingerprint density at radius 3 is 0.422 bits per heavy atom. The Morgan fingerprint density at radius 2 is 0.286 bits per heavy atom. The first kappa shape index (κ1) is 160. The van der Waals surface area contributed by atoms with E-state index in [1.165, 1.54) is 173 Å². The molecule has 18 rings (SSSR count). The summed E-state index contributed by atoms with van der Waals surface area (Å²) < 4.78 is 0. The summed E-state index contributed by atoms with van der Waals surface area (Å²) in [5.74, 6) is 19.2. The molecule has 864 valence electrons. The molecule has 147 heavy (non-hydrogen) atoms. The maximum atomic E-state index is 2.70. The molecule has 0 N–H and O–H groups in total. The van der Waals surface area contributed by atoms with Gasteiger partial charge in [-0.15, -0.1) is 0 Å². The number of rotatable bonds is 12. The Balaban J connectivity index is -0.000000230. The highest BCUT2D eigenvalue weighted by atomic mass is 14.7. The third-order valence-corrected chi connectivity index (χ3v) is 33.8. The Hall–Kier alpha value is -4.68. The van der Waals surface area contributed by atoms with Gasteiger partial charge in [-0.05, 0) is 361 Å². The standard InChI is InChI=1S/3C33H44.24C2H6/c3*1-4-23-11-6-8-14-30(23)26-17-22(3)33-28(18-25-13-10-16-32(25)33)20-27(21-29(33)19-26)31-15-9-7-12-24(31)5-2;24*1-2/h3*6-9,11-12,14-15,22,25-29,32H,4-5,10,13,16-21H2,1-3H3;24*1-2H3/t3*22-,25?,26?,27?,28+,29-,32?,33-;;;;;;;;;;;;;;;;;;;;;;;;/m000......................../s1. The first-order valence-corrected chi connectivity index (χ1v) is 67.0. The highest BCUT2D eigenvalue weighted by Gasteiger charge is 2.69. The third kappa shape index (κ3) is 40.8. The maximum absolute atomic E-state index is 2.70. The van der Waals surface area contributed by atoms with Gasteiger partial charge in [0.15, 0.2) is 0 Å². The van der Waals surface area contributed by atoms with Crippen molar-refractivity contribution >= 4 is 0 Å². The van der Waals surface area contributed by atoms with Crippen LogP contribution in [0.1, 0.15) is 651 Å². The van der Waals surface area contributed by atoms with Gasteiger partial charge in [-0.2, -0.15) is 0 Å². The third-order valence-electron chi connectivity index (χ3n) is 33.8. The molecule has 0 heteroatoms. The van der Waals surface area contributed by atoms with E-state index in [0.717, 1.165) is 124 Å². The van der Waals surface area contributed by atoms with Gasteiger partial charge in [0, 0.05) is 0 Å². The van der Waals surface area contributed by atoms with E-state index in [4.69, 9.17) is 0 Å². The van der Waals surface area contributed by atoms with Crippen molar-refractivity contribution in [1.82, 2.24) is 0 Å². The van der Waals surface area contributed by atoms with Crippen LogP contribution in [0, 0.1) is 105 Å². The average molecular weight is 2040 g/mol. The van der Waals surface area contributed by atoms with Gasteiger partial charge in [-0.1, -0.05) is 579 Å². The second-order valence-corrected chi connectivity index (χ2v) is 36.8. The number of hydrogen-bond donors (Lipinski definition) is 0. The maximum Gasteiger partial charge on any atom is -0.0154 e. The Kier molecular flexibility index (Phi) is 109. The first-order chi connectivity index (χ1) is 72.5. The van der Waals surface area contributed by atoms with E-state index >= 15 is 0 Å². The van der Waals surface area contributed by atoms with Gasteiger partial charge in [0.25, 0.3) is 0 Å². The molecule has 0 radical (unpaired) electrons. The van der Waals surface area contributed by atoms with Crippen molar-refractivity contribution in [3.8, 4) is 0 Å². The minimum atomic E-state index is 0.649. The van der Waals surface area contributed by atoms with Gasteiger partial charge in [-0.3, -0.25) is 0 Å². The zero-order chi connectivity index (χ0) is 116. The van der Waals surface area contributed by atoms with E-state index in [-0.39, 0.29) is 0 Å². The average Bonchev–Trinajstić information content (AvgIpc) is 1.60. The van der Waals surface area contributed by atoms with Crippen molar-refractivity contribution < 1.29 is 0 Å². The van der Waals surface area contributed by atoms with Crippen LogP contribution in [-0.2, 0) is 38.5 Å². The molecule has 0 amide bonds. The van der Waals surface area contributed by atoms with Crippen LogP contribution in [0.5, 0.6) is 0 Å². The van der Waals surface area contributed by atoms with Crippen LogP contribution in [-0.4, -0.2) is 0 Å². The smallest absolute Gasteiger partial charge is 0.0154 e. The van der Waals surface area contributed by atoms with Crippen LogP contribution >= 0.6 is 0 Å². The Morgan fingerprint density at radius 1 is 0.163 bits per heavy atom. The SMILES string of the molecule is CC.CC.CC.CC.CC.CC.CC.CC.CC.CC.CC.CC.CC.CC.CC.CC.CC.CC.CC.CC.CC.CC.CC.CC.CCc1ccccc1C1C[C@@H]2CC(c3ccccc3CC)C[C@H](C)[C@@]23C2CCCC2C[C@@H]3C1.CCc1ccccc1C1C[C@@H]2CC(c3ccccc3CC)C[C@H](C)[C@@]23C2CCCC2C[C@@H]3C1.CCc1ccccc1C1C[C@@H]2CC(c3ccccc3CC)C[C@H](C)[C@@]23C2CCCC2C[C@@H]3C1. The van der Waals surface area contributed by atoms with Crippen LogP contribution in [0.3, 0.4) is 0 Å². The lowest BCUT2D eigenvalue weighted by atomic mass is 9.45. The molecule has 12 unspecified atom stereocenters. The largest absolute Gasteiger partial charge is 0.0683 e. The molecule has 0 bridgehead atoms. The monoisotopic (exact) mass is 2040 g/mol. The van der Waals surface area contributed by atoms with E-state index < -0.39 is 0 Å². The fraction of sp³-hybridized carbons (Fsp3) is 0.755. The molecule has 0 saturated heterocycles. The van der Waals surface area contributed by atoms with E-state index in [1.54, 1.807) is 86.0 Å². The molecule has 12 aliphatic rings. The molecule has 6 aromatic carbocycles. The summed E-state index contributed by atoms with van der Waals surface area (Å²) in [6, 6.07) is 56.7. The lowest BCUT2D eigenvalue weighted by Gasteiger charge is -2.60. The fourth-order valence-corrected chi connectivity index (χ4v) is 31.0. The van der Waals surface area contributed by atoms with Crippen LogP contribution in [0.25, 0.3) is 0 Å². The molecule has 6 aromatic rings. The van der Waals surface area contributed by atoms with Gasteiger partial charge < -0.3 is 0 Å². The zero-order valence-corrected chi connectivity index (χ0v) is 112. The number of fused-ring (bicyclic) bond motifs is 3. The van der Waals surface area contributed by atoms with Gasteiger partial charge in [0.05, 0.1) is 0 Å². The number of aryl methyl sites for hydroxylation is 6.